The van der Waals surface area contributed by atoms with Gasteiger partial charge in [-0.15, -0.1) is 0 Å². The van der Waals surface area contributed by atoms with Gasteiger partial charge in [0, 0.05) is 61.0 Å². The number of halogens is 1. The van der Waals surface area contributed by atoms with E-state index in [0.717, 1.165) is 47.2 Å². The molecule has 4 rings (SSSR count). The summed E-state index contributed by atoms with van der Waals surface area (Å²) in [7, 11) is 0. The van der Waals surface area contributed by atoms with E-state index in [0.29, 0.717) is 13.0 Å². The summed E-state index contributed by atoms with van der Waals surface area (Å²) in [6, 6.07) is 20.5. The molecule has 3 aromatic rings. The van der Waals surface area contributed by atoms with Gasteiger partial charge in [0.25, 0.3) is 0 Å². The molecule has 0 spiro atoms. The SMILES string of the molecule is Cc1ccc([C@](C)(O)CN2CCN(c3ccc(CCO)cc3)[C@H](c3ccc(Cl)cc3)C2)cn1. The van der Waals surface area contributed by atoms with Crippen molar-refractivity contribution < 1.29 is 10.2 Å². The van der Waals surface area contributed by atoms with Crippen molar-refractivity contribution in [3.8, 4) is 0 Å². The fourth-order valence-electron chi connectivity index (χ4n) is 4.56. The van der Waals surface area contributed by atoms with Crippen molar-refractivity contribution in [1.29, 1.82) is 0 Å². The highest BCUT2D eigenvalue weighted by Crippen LogP contribution is 2.33. The molecule has 0 bridgehead atoms. The van der Waals surface area contributed by atoms with Crippen molar-refractivity contribution in [2.45, 2.75) is 31.9 Å². The van der Waals surface area contributed by atoms with Crippen molar-refractivity contribution in [2.75, 3.05) is 37.7 Å². The van der Waals surface area contributed by atoms with Crippen LogP contribution in [0.3, 0.4) is 0 Å². The zero-order valence-corrected chi connectivity index (χ0v) is 20.0. The van der Waals surface area contributed by atoms with Crippen LogP contribution in [0.15, 0.2) is 66.9 Å². The minimum atomic E-state index is -0.987. The average molecular weight is 466 g/mol. The molecule has 174 valence electrons. The Labute approximate surface area is 201 Å². The van der Waals surface area contributed by atoms with Crippen LogP contribution in [0.4, 0.5) is 5.69 Å². The molecule has 5 nitrogen and oxygen atoms in total. The third-order valence-corrected chi connectivity index (χ3v) is 6.70. The molecule has 0 aliphatic carbocycles. The van der Waals surface area contributed by atoms with E-state index in [4.69, 9.17) is 11.6 Å². The van der Waals surface area contributed by atoms with E-state index in [2.05, 4.69) is 51.2 Å². The number of rotatable bonds is 7. The van der Waals surface area contributed by atoms with Gasteiger partial charge in [-0.05, 0) is 61.7 Å². The maximum atomic E-state index is 11.3. The second kappa shape index (κ2) is 10.2. The molecule has 1 saturated heterocycles. The van der Waals surface area contributed by atoms with Gasteiger partial charge in [0.15, 0.2) is 0 Å². The van der Waals surface area contributed by atoms with Crippen LogP contribution < -0.4 is 4.90 Å². The molecule has 0 radical (unpaired) electrons. The summed E-state index contributed by atoms with van der Waals surface area (Å²) >= 11 is 6.16. The first kappa shape index (κ1) is 23.7. The van der Waals surface area contributed by atoms with Crippen molar-refractivity contribution in [2.24, 2.45) is 0 Å². The summed E-state index contributed by atoms with van der Waals surface area (Å²) in [5.74, 6) is 0. The summed E-state index contributed by atoms with van der Waals surface area (Å²) < 4.78 is 0. The largest absolute Gasteiger partial charge is 0.396 e. The summed E-state index contributed by atoms with van der Waals surface area (Å²) in [4.78, 5) is 9.12. The minimum Gasteiger partial charge on any atom is -0.396 e. The Balaban J connectivity index is 1.56. The van der Waals surface area contributed by atoms with Crippen LogP contribution in [0.25, 0.3) is 0 Å². The number of aliphatic hydroxyl groups is 2. The maximum absolute atomic E-state index is 11.3. The second-order valence-electron chi connectivity index (χ2n) is 9.10. The van der Waals surface area contributed by atoms with Crippen LogP contribution in [0.2, 0.25) is 5.02 Å². The van der Waals surface area contributed by atoms with Crippen molar-refractivity contribution >= 4 is 17.3 Å². The quantitative estimate of drug-likeness (QED) is 0.543. The highest BCUT2D eigenvalue weighted by molar-refractivity contribution is 6.30. The Morgan fingerprint density at radius 2 is 1.76 bits per heavy atom. The smallest absolute Gasteiger partial charge is 0.101 e. The monoisotopic (exact) mass is 465 g/mol. The molecule has 33 heavy (non-hydrogen) atoms. The number of pyridine rings is 1. The number of aryl methyl sites for hydroxylation is 1. The lowest BCUT2D eigenvalue weighted by Crippen LogP contribution is -2.52. The van der Waals surface area contributed by atoms with E-state index in [1.165, 1.54) is 5.56 Å². The van der Waals surface area contributed by atoms with Gasteiger partial charge < -0.3 is 15.1 Å². The van der Waals surface area contributed by atoms with Crippen LogP contribution in [-0.4, -0.2) is 52.9 Å². The predicted molar refractivity (Wildman–Crippen MR) is 134 cm³/mol. The van der Waals surface area contributed by atoms with Gasteiger partial charge in [0.1, 0.15) is 5.60 Å². The Hall–Kier alpha value is -2.44. The lowest BCUT2D eigenvalue weighted by atomic mass is 9.94. The number of aromatic nitrogens is 1. The van der Waals surface area contributed by atoms with Crippen LogP contribution in [-0.2, 0) is 12.0 Å². The third-order valence-electron chi connectivity index (χ3n) is 6.45. The standard InChI is InChI=1S/C27H32ClN3O2/c1-20-3-8-23(17-29-20)27(2,33)19-30-14-15-31(25-11-4-21(5-12-25)13-16-32)26(18-30)22-6-9-24(28)10-7-22/h3-12,17,26,32-33H,13-16,18-19H2,1-2H3/t26-,27+/m0/s1. The Bertz CT molecular complexity index is 1040. The van der Waals surface area contributed by atoms with E-state index in [1.807, 2.05) is 38.1 Å². The molecule has 2 atom stereocenters. The number of hydrogen-bond donors (Lipinski definition) is 2. The van der Waals surface area contributed by atoms with E-state index >= 15 is 0 Å². The molecule has 0 amide bonds. The first-order valence-corrected chi connectivity index (χ1v) is 11.8. The molecule has 6 heteroatoms. The van der Waals surface area contributed by atoms with Crippen LogP contribution in [0.5, 0.6) is 0 Å². The molecule has 2 heterocycles. The van der Waals surface area contributed by atoms with E-state index in [1.54, 1.807) is 6.20 Å². The molecule has 2 N–H and O–H groups in total. The molecule has 2 aromatic carbocycles. The maximum Gasteiger partial charge on any atom is 0.101 e. The number of piperazine rings is 1. The number of hydrogen-bond acceptors (Lipinski definition) is 5. The van der Waals surface area contributed by atoms with Gasteiger partial charge in [-0.3, -0.25) is 9.88 Å². The van der Waals surface area contributed by atoms with Gasteiger partial charge in [-0.25, -0.2) is 0 Å². The molecular formula is C27H32ClN3O2. The Morgan fingerprint density at radius 1 is 1.03 bits per heavy atom. The van der Waals surface area contributed by atoms with Crippen molar-refractivity contribution in [3.05, 3.63) is 94.3 Å². The van der Waals surface area contributed by atoms with Gasteiger partial charge in [0.2, 0.25) is 0 Å². The van der Waals surface area contributed by atoms with Gasteiger partial charge in [0.05, 0.1) is 6.04 Å². The highest BCUT2D eigenvalue weighted by atomic mass is 35.5. The van der Waals surface area contributed by atoms with Gasteiger partial charge in [-0.2, -0.15) is 0 Å². The number of β-amino-alcohol motifs (C(OH)–C–C–N with tert-alkyl or cyclic N) is 1. The van der Waals surface area contributed by atoms with E-state index in [9.17, 15) is 10.2 Å². The van der Waals surface area contributed by atoms with Crippen LogP contribution in [0, 0.1) is 6.92 Å². The summed E-state index contributed by atoms with van der Waals surface area (Å²) in [5, 5.41) is 21.2. The lowest BCUT2D eigenvalue weighted by Gasteiger charge is -2.45. The highest BCUT2D eigenvalue weighted by Gasteiger charge is 2.33. The fraction of sp³-hybridized carbons (Fsp3) is 0.370. The predicted octanol–water partition coefficient (Wildman–Crippen LogP) is 4.35. The third kappa shape index (κ3) is 5.74. The first-order valence-electron chi connectivity index (χ1n) is 11.5. The number of nitrogens with zero attached hydrogens (tertiary/aromatic N) is 3. The Morgan fingerprint density at radius 3 is 2.39 bits per heavy atom. The second-order valence-corrected chi connectivity index (χ2v) is 9.53. The average Bonchev–Trinajstić information content (AvgIpc) is 2.80. The molecule has 1 aromatic heterocycles. The zero-order chi connectivity index (χ0) is 23.4. The summed E-state index contributed by atoms with van der Waals surface area (Å²) in [6.45, 7) is 6.98. The molecular weight excluding hydrogens is 434 g/mol. The molecule has 1 aliphatic rings. The van der Waals surface area contributed by atoms with Gasteiger partial charge >= 0.3 is 0 Å². The van der Waals surface area contributed by atoms with Crippen LogP contribution >= 0.6 is 11.6 Å². The van der Waals surface area contributed by atoms with Crippen molar-refractivity contribution in [3.63, 3.8) is 0 Å². The fourth-order valence-corrected chi connectivity index (χ4v) is 4.68. The zero-order valence-electron chi connectivity index (χ0n) is 19.3. The van der Waals surface area contributed by atoms with E-state index < -0.39 is 5.60 Å². The lowest BCUT2D eigenvalue weighted by molar-refractivity contribution is 0.0100. The minimum absolute atomic E-state index is 0.131. The summed E-state index contributed by atoms with van der Waals surface area (Å²) in [5.41, 5.74) is 4.27. The van der Waals surface area contributed by atoms with E-state index in [-0.39, 0.29) is 12.6 Å². The normalized spacial score (nSPS) is 18.8. The molecule has 0 saturated carbocycles. The van der Waals surface area contributed by atoms with Gasteiger partial charge in [-0.1, -0.05) is 41.9 Å². The topological polar surface area (TPSA) is 59.8 Å². The number of benzene rings is 2. The number of aliphatic hydroxyl groups excluding tert-OH is 1. The summed E-state index contributed by atoms with van der Waals surface area (Å²) in [6.07, 6.45) is 2.44. The van der Waals surface area contributed by atoms with Crippen molar-refractivity contribution in [1.82, 2.24) is 9.88 Å². The Kier molecular flexibility index (Phi) is 7.35. The molecule has 0 unspecified atom stereocenters. The first-order chi connectivity index (χ1) is 15.9. The number of anilines is 1. The molecule has 1 fully saturated rings. The molecule has 1 aliphatic heterocycles. The van der Waals surface area contributed by atoms with Crippen LogP contribution in [0.1, 0.15) is 35.3 Å².